The Morgan fingerprint density at radius 1 is 1.39 bits per heavy atom. The van der Waals surface area contributed by atoms with E-state index in [2.05, 4.69) is 20.8 Å². The van der Waals surface area contributed by atoms with Crippen LogP contribution in [0.1, 0.15) is 31.1 Å². The zero-order valence-corrected chi connectivity index (χ0v) is 11.8. The molecule has 98 valence electrons. The molecule has 1 aromatic heterocycles. The maximum atomic E-state index is 11.6. The first-order valence-electron chi connectivity index (χ1n) is 5.11. The summed E-state index contributed by atoms with van der Waals surface area (Å²) in [6.07, 6.45) is 2.32. The van der Waals surface area contributed by atoms with Crippen molar-refractivity contribution in [2.75, 3.05) is 0 Å². The number of hydrogen-bond donors (Lipinski definition) is 1. The Hall–Kier alpha value is -1.63. The minimum Gasteiger partial charge on any atom is -0.619 e. The maximum absolute atomic E-state index is 11.6. The van der Waals surface area contributed by atoms with Crippen LogP contribution in [0.2, 0.25) is 0 Å². The first-order valence-corrected chi connectivity index (χ1v) is 5.90. The number of amides is 1. The zero-order chi connectivity index (χ0) is 13.9. The van der Waals surface area contributed by atoms with Crippen molar-refractivity contribution in [1.29, 1.82) is 0 Å². The van der Waals surface area contributed by atoms with Gasteiger partial charge in [0.1, 0.15) is 5.56 Å². The summed E-state index contributed by atoms with van der Waals surface area (Å²) in [4.78, 5) is 27.7. The lowest BCUT2D eigenvalue weighted by molar-refractivity contribution is -0.606. The van der Waals surface area contributed by atoms with E-state index in [0.717, 1.165) is 6.20 Å². The van der Waals surface area contributed by atoms with E-state index in [1.165, 1.54) is 12.3 Å². The van der Waals surface area contributed by atoms with Crippen molar-refractivity contribution in [1.82, 2.24) is 5.48 Å². The minimum atomic E-state index is -0.719. The molecular weight excluding hydrogens is 304 g/mol. The lowest BCUT2D eigenvalue weighted by atomic mass is 9.98. The highest BCUT2D eigenvalue weighted by molar-refractivity contribution is 9.10. The van der Waals surface area contributed by atoms with Gasteiger partial charge in [0.05, 0.1) is 9.89 Å². The van der Waals surface area contributed by atoms with Crippen molar-refractivity contribution in [3.05, 3.63) is 33.7 Å². The summed E-state index contributed by atoms with van der Waals surface area (Å²) in [5.74, 6) is -1.24. The van der Waals surface area contributed by atoms with Crippen molar-refractivity contribution in [2.24, 2.45) is 5.41 Å². The number of hydroxylamine groups is 1. The number of nitrogens with one attached hydrogen (secondary N) is 1. The summed E-state index contributed by atoms with van der Waals surface area (Å²) in [7, 11) is 0. The SMILES string of the molecule is CC(C)(C)C(=O)ONC(=O)c1cc(Br)c[n+]([O-])c1. The van der Waals surface area contributed by atoms with E-state index in [9.17, 15) is 14.8 Å². The van der Waals surface area contributed by atoms with E-state index in [4.69, 9.17) is 0 Å². The second kappa shape index (κ2) is 5.34. The van der Waals surface area contributed by atoms with Crippen molar-refractivity contribution in [3.63, 3.8) is 0 Å². The molecule has 0 atom stereocenters. The van der Waals surface area contributed by atoms with E-state index in [1.807, 2.05) is 5.48 Å². The second-order valence-corrected chi connectivity index (χ2v) is 5.59. The predicted molar refractivity (Wildman–Crippen MR) is 66.1 cm³/mol. The molecule has 1 heterocycles. The van der Waals surface area contributed by atoms with Crippen LogP contribution in [0.5, 0.6) is 0 Å². The third-order valence-electron chi connectivity index (χ3n) is 1.92. The van der Waals surface area contributed by atoms with Gasteiger partial charge in [0.15, 0.2) is 12.4 Å². The average molecular weight is 317 g/mol. The van der Waals surface area contributed by atoms with Crippen molar-refractivity contribution < 1.29 is 19.2 Å². The van der Waals surface area contributed by atoms with Crippen LogP contribution in [-0.4, -0.2) is 11.9 Å². The fourth-order valence-corrected chi connectivity index (χ4v) is 1.40. The van der Waals surface area contributed by atoms with Gasteiger partial charge >= 0.3 is 5.97 Å². The average Bonchev–Trinajstić information content (AvgIpc) is 2.22. The Morgan fingerprint density at radius 2 is 2.00 bits per heavy atom. The van der Waals surface area contributed by atoms with Crippen LogP contribution in [0.4, 0.5) is 0 Å². The van der Waals surface area contributed by atoms with Gasteiger partial charge in [0.25, 0.3) is 5.91 Å². The molecule has 6 nitrogen and oxygen atoms in total. The number of hydrogen-bond acceptors (Lipinski definition) is 4. The van der Waals surface area contributed by atoms with E-state index in [-0.39, 0.29) is 5.56 Å². The molecule has 0 spiro atoms. The lowest BCUT2D eigenvalue weighted by Crippen LogP contribution is -2.35. The van der Waals surface area contributed by atoms with Crippen LogP contribution in [0, 0.1) is 10.6 Å². The fraction of sp³-hybridized carbons (Fsp3) is 0.364. The number of aromatic nitrogens is 1. The molecule has 0 fully saturated rings. The predicted octanol–water partition coefficient (Wildman–Crippen LogP) is 1.32. The van der Waals surface area contributed by atoms with Crippen molar-refractivity contribution in [3.8, 4) is 0 Å². The quantitative estimate of drug-likeness (QED) is 0.481. The van der Waals surface area contributed by atoms with E-state index >= 15 is 0 Å². The van der Waals surface area contributed by atoms with Gasteiger partial charge in [-0.1, -0.05) is 0 Å². The lowest BCUT2D eigenvalue weighted by Gasteiger charge is -2.15. The second-order valence-electron chi connectivity index (χ2n) is 4.67. The molecule has 0 saturated heterocycles. The zero-order valence-electron chi connectivity index (χ0n) is 10.2. The van der Waals surface area contributed by atoms with E-state index in [0.29, 0.717) is 9.20 Å². The highest BCUT2D eigenvalue weighted by Crippen LogP contribution is 2.14. The topological polar surface area (TPSA) is 82.3 Å². The third-order valence-corrected chi connectivity index (χ3v) is 2.35. The van der Waals surface area contributed by atoms with Gasteiger partial charge in [-0.05, 0) is 42.8 Å². The van der Waals surface area contributed by atoms with Crippen LogP contribution in [0.15, 0.2) is 22.9 Å². The Morgan fingerprint density at radius 3 is 2.50 bits per heavy atom. The number of halogens is 1. The summed E-state index contributed by atoms with van der Waals surface area (Å²) in [6.45, 7) is 4.98. The third kappa shape index (κ3) is 3.99. The number of nitrogens with zero attached hydrogens (tertiary/aromatic N) is 1. The molecule has 0 bridgehead atoms. The van der Waals surface area contributed by atoms with Gasteiger partial charge in [0, 0.05) is 0 Å². The fourth-order valence-electron chi connectivity index (χ4n) is 0.948. The van der Waals surface area contributed by atoms with Crippen LogP contribution in [-0.2, 0) is 9.63 Å². The summed E-state index contributed by atoms with van der Waals surface area (Å²) in [5.41, 5.74) is 1.36. The van der Waals surface area contributed by atoms with Crippen molar-refractivity contribution in [2.45, 2.75) is 20.8 Å². The summed E-state index contributed by atoms with van der Waals surface area (Å²) in [6, 6.07) is 1.44. The summed E-state index contributed by atoms with van der Waals surface area (Å²) in [5, 5.41) is 11.1. The first-order chi connectivity index (χ1) is 8.20. The van der Waals surface area contributed by atoms with Crippen molar-refractivity contribution >= 4 is 27.8 Å². The minimum absolute atomic E-state index is 0.0843. The molecule has 7 heteroatoms. The van der Waals surface area contributed by atoms with Crippen LogP contribution in [0.25, 0.3) is 0 Å². The number of carbonyl (C=O) groups excluding carboxylic acids is 2. The van der Waals surface area contributed by atoms with Gasteiger partial charge in [-0.15, -0.1) is 0 Å². The van der Waals surface area contributed by atoms with Crippen LogP contribution >= 0.6 is 15.9 Å². The standard InChI is InChI=1S/C11H13BrN2O4/c1-11(2,3)10(16)18-13-9(15)7-4-8(12)6-14(17)5-7/h4-6H,1-3H3,(H,13,15). The molecule has 1 rings (SSSR count). The van der Waals surface area contributed by atoms with Crippen LogP contribution in [0.3, 0.4) is 0 Å². The monoisotopic (exact) mass is 316 g/mol. The molecule has 1 aromatic rings. The van der Waals surface area contributed by atoms with Gasteiger partial charge < -0.3 is 10.0 Å². The molecule has 0 saturated carbocycles. The van der Waals surface area contributed by atoms with Gasteiger partial charge in [-0.3, -0.25) is 4.79 Å². The Bertz CT molecular complexity index is 462. The van der Waals surface area contributed by atoms with Gasteiger partial charge in [0.2, 0.25) is 0 Å². The Labute approximate surface area is 113 Å². The Kier molecular flexibility index (Phi) is 4.28. The van der Waals surface area contributed by atoms with Gasteiger partial charge in [-0.2, -0.15) is 10.2 Å². The Balaban J connectivity index is 2.69. The molecule has 0 aliphatic rings. The van der Waals surface area contributed by atoms with Crippen LogP contribution < -0.4 is 10.2 Å². The molecule has 18 heavy (non-hydrogen) atoms. The van der Waals surface area contributed by atoms with Gasteiger partial charge in [-0.25, -0.2) is 4.79 Å². The maximum Gasteiger partial charge on any atom is 0.337 e. The first kappa shape index (κ1) is 14.4. The largest absolute Gasteiger partial charge is 0.619 e. The smallest absolute Gasteiger partial charge is 0.337 e. The normalized spacial score (nSPS) is 10.9. The molecule has 0 aromatic carbocycles. The summed E-state index contributed by atoms with van der Waals surface area (Å²) < 4.78 is 0.928. The van der Waals surface area contributed by atoms with E-state index in [1.54, 1.807) is 20.8 Å². The summed E-state index contributed by atoms with van der Waals surface area (Å²) >= 11 is 3.08. The molecule has 0 radical (unpaired) electrons. The van der Waals surface area contributed by atoms with E-state index < -0.39 is 17.3 Å². The molecule has 1 N–H and O–H groups in total. The number of pyridine rings is 1. The highest BCUT2D eigenvalue weighted by atomic mass is 79.9. The number of rotatable bonds is 1. The molecule has 0 unspecified atom stereocenters. The molecule has 0 aliphatic carbocycles. The molecular formula is C11H13BrN2O4. The highest BCUT2D eigenvalue weighted by Gasteiger charge is 2.24. The molecule has 0 aliphatic heterocycles. The number of carbonyl (C=O) groups is 2. The molecule has 1 amide bonds.